The lowest BCUT2D eigenvalue weighted by atomic mass is 10.0. The summed E-state index contributed by atoms with van der Waals surface area (Å²) in [6.07, 6.45) is 0. The van der Waals surface area contributed by atoms with Crippen molar-refractivity contribution in [3.63, 3.8) is 0 Å². The Kier molecular flexibility index (Phi) is 7.66. The maximum Gasteiger partial charge on any atom is 0.129 e. The number of likely N-dealkylation sites (N-methyl/N-ethyl adjacent to an activating group) is 1. The number of oxime groups is 1. The van der Waals surface area contributed by atoms with Crippen LogP contribution < -0.4 is 0 Å². The van der Waals surface area contributed by atoms with Gasteiger partial charge < -0.3 is 9.74 Å². The number of rotatable bonds is 9. The number of benzene rings is 1. The molecule has 2 aromatic rings. The van der Waals surface area contributed by atoms with Gasteiger partial charge in [-0.15, -0.1) is 11.3 Å². The topological polar surface area (TPSA) is 24.8 Å². The average molecular weight is 359 g/mol. The van der Waals surface area contributed by atoms with Gasteiger partial charge in [0.2, 0.25) is 0 Å². The van der Waals surface area contributed by atoms with Crippen molar-refractivity contribution in [3.05, 3.63) is 46.8 Å². The van der Waals surface area contributed by atoms with Gasteiger partial charge >= 0.3 is 0 Å². The molecular weight excluding hydrogens is 328 g/mol. The molecule has 0 saturated heterocycles. The van der Waals surface area contributed by atoms with Crippen LogP contribution in [0.3, 0.4) is 0 Å². The second-order valence-corrected chi connectivity index (χ2v) is 7.56. The summed E-state index contributed by atoms with van der Waals surface area (Å²) in [5.41, 5.74) is 3.57. The maximum absolute atomic E-state index is 5.49. The highest BCUT2D eigenvalue weighted by Crippen LogP contribution is 2.29. The highest BCUT2D eigenvalue weighted by molar-refractivity contribution is 7.17. The lowest BCUT2D eigenvalue weighted by Gasteiger charge is -2.16. The Hall–Kier alpha value is -1.65. The molecule has 0 spiro atoms. The van der Waals surface area contributed by atoms with Crippen LogP contribution in [0.4, 0.5) is 0 Å². The average Bonchev–Trinajstić information content (AvgIpc) is 3.12. The van der Waals surface area contributed by atoms with E-state index < -0.39 is 0 Å². The van der Waals surface area contributed by atoms with Crippen molar-refractivity contribution < 1.29 is 4.84 Å². The van der Waals surface area contributed by atoms with Crippen LogP contribution in [0.5, 0.6) is 0 Å². The molecule has 4 heteroatoms. The van der Waals surface area contributed by atoms with Crippen molar-refractivity contribution in [1.82, 2.24) is 4.90 Å². The van der Waals surface area contributed by atoms with Crippen LogP contribution in [0, 0.1) is 0 Å². The van der Waals surface area contributed by atoms with Gasteiger partial charge in [0.1, 0.15) is 6.61 Å². The van der Waals surface area contributed by atoms with E-state index >= 15 is 0 Å². The van der Waals surface area contributed by atoms with Crippen LogP contribution in [-0.2, 0) is 4.84 Å². The predicted molar refractivity (Wildman–Crippen MR) is 110 cm³/mol. The van der Waals surface area contributed by atoms with Gasteiger partial charge in [-0.3, -0.25) is 0 Å². The van der Waals surface area contributed by atoms with E-state index in [2.05, 4.69) is 74.1 Å². The molecule has 0 amide bonds. The Morgan fingerprint density at radius 3 is 2.36 bits per heavy atom. The molecule has 0 atom stereocenters. The molecule has 1 aromatic heterocycles. The van der Waals surface area contributed by atoms with E-state index in [1.54, 1.807) is 11.3 Å². The molecule has 0 radical (unpaired) electrons. The Balaban J connectivity index is 1.96. The molecule has 0 bridgehead atoms. The fourth-order valence-electron chi connectivity index (χ4n) is 2.62. The van der Waals surface area contributed by atoms with Gasteiger partial charge in [0, 0.05) is 11.4 Å². The normalized spacial score (nSPS) is 12.2. The lowest BCUT2D eigenvalue weighted by molar-refractivity contribution is 0.114. The molecule has 2 rings (SSSR count). The van der Waals surface area contributed by atoms with Crippen LogP contribution in [-0.4, -0.2) is 36.9 Å². The van der Waals surface area contributed by atoms with Gasteiger partial charge in [0.05, 0.1) is 10.6 Å². The third-order valence-electron chi connectivity index (χ3n) is 4.42. The van der Waals surface area contributed by atoms with Gasteiger partial charge in [-0.1, -0.05) is 57.1 Å². The molecule has 3 nitrogen and oxygen atoms in total. The Bertz CT molecular complexity index is 669. The van der Waals surface area contributed by atoms with Crippen LogP contribution in [0.25, 0.3) is 10.4 Å². The quantitative estimate of drug-likeness (QED) is 0.330. The van der Waals surface area contributed by atoms with Crippen LogP contribution in [0.2, 0.25) is 0 Å². The molecule has 136 valence electrons. The van der Waals surface area contributed by atoms with Crippen molar-refractivity contribution in [1.29, 1.82) is 0 Å². The van der Waals surface area contributed by atoms with E-state index in [0.717, 1.165) is 30.2 Å². The first-order valence-electron chi connectivity index (χ1n) is 9.14. The molecule has 0 fully saturated rings. The minimum absolute atomic E-state index is 0.566. The first-order chi connectivity index (χ1) is 12.0. The summed E-state index contributed by atoms with van der Waals surface area (Å²) in [5, 5.41) is 4.28. The highest BCUT2D eigenvalue weighted by atomic mass is 32.1. The molecule has 0 aliphatic heterocycles. The lowest BCUT2D eigenvalue weighted by Crippen LogP contribution is -2.26. The standard InChI is InChI=1S/C21H30N2OS/c1-6-23(7-2)14-15-24-22-17(5)20-12-13-21(25-20)19-10-8-18(9-11-19)16(3)4/h8-13,16H,6-7,14-15H2,1-5H3/b22-17+. The van der Waals surface area contributed by atoms with E-state index in [-0.39, 0.29) is 0 Å². The zero-order chi connectivity index (χ0) is 18.2. The van der Waals surface area contributed by atoms with Crippen LogP contribution in [0.1, 0.15) is 51.0 Å². The Morgan fingerprint density at radius 1 is 1.08 bits per heavy atom. The van der Waals surface area contributed by atoms with Crippen LogP contribution >= 0.6 is 11.3 Å². The summed E-state index contributed by atoms with van der Waals surface area (Å²) < 4.78 is 0. The number of nitrogens with zero attached hydrogens (tertiary/aromatic N) is 2. The molecule has 0 aliphatic rings. The fourth-order valence-corrected chi connectivity index (χ4v) is 3.56. The van der Waals surface area contributed by atoms with Gasteiger partial charge in [-0.2, -0.15) is 0 Å². The van der Waals surface area contributed by atoms with E-state index in [1.165, 1.54) is 16.0 Å². The van der Waals surface area contributed by atoms with Crippen molar-refractivity contribution in [2.75, 3.05) is 26.2 Å². The number of hydrogen-bond acceptors (Lipinski definition) is 4. The maximum atomic E-state index is 5.49. The summed E-state index contributed by atoms with van der Waals surface area (Å²) in [7, 11) is 0. The van der Waals surface area contributed by atoms with E-state index in [4.69, 9.17) is 4.84 Å². The zero-order valence-corrected chi connectivity index (χ0v) is 16.9. The molecule has 0 unspecified atom stereocenters. The van der Waals surface area contributed by atoms with Crippen molar-refractivity contribution in [2.45, 2.75) is 40.5 Å². The van der Waals surface area contributed by atoms with Crippen molar-refractivity contribution >= 4 is 17.0 Å². The fraction of sp³-hybridized carbons (Fsp3) is 0.476. The van der Waals surface area contributed by atoms with Crippen LogP contribution in [0.15, 0.2) is 41.6 Å². The monoisotopic (exact) mass is 358 g/mol. The van der Waals surface area contributed by atoms with Gasteiger partial charge in [0.25, 0.3) is 0 Å². The van der Waals surface area contributed by atoms with Gasteiger partial charge in [0.15, 0.2) is 0 Å². The molecule has 0 saturated carbocycles. The zero-order valence-electron chi connectivity index (χ0n) is 16.1. The summed E-state index contributed by atoms with van der Waals surface area (Å²) >= 11 is 1.76. The number of hydrogen-bond donors (Lipinski definition) is 0. The summed E-state index contributed by atoms with van der Waals surface area (Å²) in [6.45, 7) is 14.4. The predicted octanol–water partition coefficient (Wildman–Crippen LogP) is 5.62. The van der Waals surface area contributed by atoms with E-state index in [0.29, 0.717) is 12.5 Å². The van der Waals surface area contributed by atoms with Crippen molar-refractivity contribution in [3.8, 4) is 10.4 Å². The number of thiophene rings is 1. The van der Waals surface area contributed by atoms with Gasteiger partial charge in [-0.05, 0) is 49.2 Å². The molecule has 25 heavy (non-hydrogen) atoms. The summed E-state index contributed by atoms with van der Waals surface area (Å²) in [6, 6.07) is 13.1. The van der Waals surface area contributed by atoms with Crippen molar-refractivity contribution in [2.24, 2.45) is 5.16 Å². The van der Waals surface area contributed by atoms with E-state index in [9.17, 15) is 0 Å². The summed E-state index contributed by atoms with van der Waals surface area (Å²) in [4.78, 5) is 10.2. The smallest absolute Gasteiger partial charge is 0.129 e. The third kappa shape index (κ3) is 5.68. The Morgan fingerprint density at radius 2 is 1.76 bits per heavy atom. The molecular formula is C21H30N2OS. The molecule has 1 heterocycles. The SMILES string of the molecule is CCN(CC)CCO/N=C(\C)c1ccc(-c2ccc(C(C)C)cc2)s1. The second kappa shape index (κ2) is 9.73. The second-order valence-electron chi connectivity index (χ2n) is 6.48. The first-order valence-corrected chi connectivity index (χ1v) is 9.96. The minimum atomic E-state index is 0.566. The van der Waals surface area contributed by atoms with Gasteiger partial charge in [-0.25, -0.2) is 0 Å². The molecule has 0 aliphatic carbocycles. The minimum Gasteiger partial charge on any atom is -0.394 e. The highest BCUT2D eigenvalue weighted by Gasteiger charge is 2.07. The first kappa shape index (κ1) is 19.7. The molecule has 0 N–H and O–H groups in total. The van der Waals surface area contributed by atoms with E-state index in [1.807, 2.05) is 6.92 Å². The largest absolute Gasteiger partial charge is 0.394 e. The third-order valence-corrected chi connectivity index (χ3v) is 5.66. The molecule has 1 aromatic carbocycles. The summed E-state index contributed by atoms with van der Waals surface area (Å²) in [5.74, 6) is 0.566. The Labute approximate surface area is 156 Å².